The molecule has 0 heterocycles. The molecule has 158 valence electrons. The molecule has 0 aromatic heterocycles. The second-order valence-corrected chi connectivity index (χ2v) is 11.1. The van der Waals surface area contributed by atoms with Gasteiger partial charge in [0.2, 0.25) is 0 Å². The van der Waals surface area contributed by atoms with Gasteiger partial charge in [-0.25, -0.2) is 0 Å². The molecule has 1 nitrogen and oxygen atoms in total. The molecule has 0 amide bonds. The average Bonchev–Trinajstić information content (AvgIpc) is 2.42. The predicted octanol–water partition coefficient (Wildman–Crippen LogP) is 7.09. The smallest absolute Gasteiger partial charge is 0.351 e. The van der Waals surface area contributed by atoms with Crippen LogP contribution in [-0.4, -0.2) is 26.8 Å². The molecular weight excluding hydrogens is 393 g/mol. The highest BCUT2D eigenvalue weighted by atomic mass is 28.3. The van der Waals surface area contributed by atoms with E-state index >= 15 is 0 Å². The van der Waals surface area contributed by atoms with E-state index in [0.29, 0.717) is 18.1 Å². The zero-order valence-corrected chi connectivity index (χ0v) is 15.5. The second-order valence-electron chi connectivity index (χ2n) is 6.83. The van der Waals surface area contributed by atoms with Crippen molar-refractivity contribution in [3.05, 3.63) is 0 Å². The molecule has 0 bridgehead atoms. The van der Waals surface area contributed by atoms with Gasteiger partial charge in [-0.05, 0) is 37.4 Å². The van der Waals surface area contributed by atoms with Gasteiger partial charge in [0.05, 0.1) is 0 Å². The topological polar surface area (TPSA) is 26.0 Å². The van der Waals surface area contributed by atoms with Crippen LogP contribution in [0.4, 0.5) is 39.5 Å². The van der Waals surface area contributed by atoms with Crippen LogP contribution in [0.25, 0.3) is 0 Å². The first kappa shape index (κ1) is 25.5. The van der Waals surface area contributed by atoms with Crippen LogP contribution in [0.5, 0.6) is 0 Å². The van der Waals surface area contributed by atoms with E-state index in [4.69, 9.17) is 5.40 Å². The fraction of sp³-hybridized carbons (Fsp3) is 1.00. The molecule has 0 unspecified atom stereocenters. The molecule has 0 aliphatic rings. The summed E-state index contributed by atoms with van der Waals surface area (Å²) in [5.74, 6) is 0. The molecule has 26 heavy (non-hydrogen) atoms. The fourth-order valence-corrected chi connectivity index (χ4v) is 6.39. The Labute approximate surface area is 148 Å². The molecule has 11 heteroatoms. The van der Waals surface area contributed by atoms with Gasteiger partial charge in [-0.1, -0.05) is 19.3 Å². The Kier molecular flexibility index (Phi) is 10.6. The summed E-state index contributed by atoms with van der Waals surface area (Å²) in [6.07, 6.45) is -15.5. The van der Waals surface area contributed by atoms with Crippen molar-refractivity contribution < 1.29 is 39.5 Å². The molecule has 0 radical (unpaired) electrons. The number of rotatable bonds is 12. The Morgan fingerprint density at radius 2 is 0.692 bits per heavy atom. The minimum absolute atomic E-state index is 0.124. The predicted molar refractivity (Wildman–Crippen MR) is 84.1 cm³/mol. The third kappa shape index (κ3) is 17.0. The molecule has 0 aromatic rings. The zero-order valence-electron chi connectivity index (χ0n) is 14.5. The Morgan fingerprint density at radius 1 is 0.462 bits per heavy atom. The third-order valence-corrected chi connectivity index (χ3v) is 8.20. The highest BCUT2D eigenvalue weighted by Crippen LogP contribution is 2.30. The monoisotopic (exact) mass is 419 g/mol. The summed E-state index contributed by atoms with van der Waals surface area (Å²) in [4.78, 5) is 0. The van der Waals surface area contributed by atoms with Crippen molar-refractivity contribution in [2.24, 2.45) is 5.40 Å². The van der Waals surface area contributed by atoms with Gasteiger partial charge in [-0.3, -0.25) is 0 Å². The van der Waals surface area contributed by atoms with Crippen LogP contribution in [0, 0.1) is 0 Å². The van der Waals surface area contributed by atoms with Crippen LogP contribution in [0.3, 0.4) is 0 Å². The summed E-state index contributed by atoms with van der Waals surface area (Å²) in [7, 11) is -2.64. The number of hydrogen-bond acceptors (Lipinski definition) is 1. The van der Waals surface area contributed by atoms with Crippen molar-refractivity contribution in [3.8, 4) is 0 Å². The highest BCUT2D eigenvalue weighted by Gasteiger charge is 2.32. The lowest BCUT2D eigenvalue weighted by atomic mass is 10.2. The minimum atomic E-state index is -4.28. The maximum absolute atomic E-state index is 12.2. The number of nitrogens with two attached hydrogens (primary N) is 1. The maximum Gasteiger partial charge on any atom is 0.389 e. The summed E-state index contributed by atoms with van der Waals surface area (Å²) in [5, 5.41) is 6.24. The van der Waals surface area contributed by atoms with E-state index in [0.717, 1.165) is 0 Å². The highest BCUT2D eigenvalue weighted by molar-refractivity contribution is 6.76. The summed E-state index contributed by atoms with van der Waals surface area (Å²) >= 11 is 0. The number of hydrogen-bond donors (Lipinski definition) is 1. The van der Waals surface area contributed by atoms with Crippen LogP contribution in [-0.2, 0) is 0 Å². The van der Waals surface area contributed by atoms with Crippen molar-refractivity contribution in [1.82, 2.24) is 0 Å². The standard InChI is InChI=1S/C15H26F9NSi/c16-13(17,18)7-1-4-10-26(25,11-5-2-8-14(19,20)21)12-6-3-9-15(22,23)24/h1-12,25H2. The van der Waals surface area contributed by atoms with Crippen molar-refractivity contribution in [3.63, 3.8) is 0 Å². The molecule has 0 rings (SSSR count). The van der Waals surface area contributed by atoms with Gasteiger partial charge in [0.25, 0.3) is 0 Å². The molecule has 0 fully saturated rings. The van der Waals surface area contributed by atoms with Crippen LogP contribution in [0.1, 0.15) is 57.8 Å². The van der Waals surface area contributed by atoms with Gasteiger partial charge in [-0.15, -0.1) is 0 Å². The Bertz CT molecular complexity index is 322. The fourth-order valence-electron chi connectivity index (χ4n) is 2.78. The molecule has 0 saturated carbocycles. The lowest BCUT2D eigenvalue weighted by molar-refractivity contribution is -0.136. The average molecular weight is 419 g/mol. The van der Waals surface area contributed by atoms with E-state index in [1.807, 2.05) is 0 Å². The molecular formula is C15H26F9NSi. The number of halogens is 9. The van der Waals surface area contributed by atoms with Gasteiger partial charge in [0, 0.05) is 19.3 Å². The van der Waals surface area contributed by atoms with Crippen molar-refractivity contribution in [2.75, 3.05) is 0 Å². The summed E-state index contributed by atoms with van der Waals surface area (Å²) < 4.78 is 109. The van der Waals surface area contributed by atoms with Crippen LogP contribution < -0.4 is 5.40 Å². The summed E-state index contributed by atoms with van der Waals surface area (Å²) in [5.41, 5.74) is 0. The number of alkyl halides is 9. The Balaban J connectivity index is 4.40. The molecule has 0 spiro atoms. The summed E-state index contributed by atoms with van der Waals surface area (Å²) in [6.45, 7) is 0. The first-order chi connectivity index (χ1) is 11.6. The number of unbranched alkanes of at least 4 members (excludes halogenated alkanes) is 3. The lowest BCUT2D eigenvalue weighted by Gasteiger charge is -2.27. The lowest BCUT2D eigenvalue weighted by Crippen LogP contribution is -2.45. The van der Waals surface area contributed by atoms with Gasteiger partial charge >= 0.3 is 18.5 Å². The molecule has 0 atom stereocenters. The molecule has 0 aliphatic heterocycles. The second kappa shape index (κ2) is 10.8. The van der Waals surface area contributed by atoms with Crippen LogP contribution in [0.15, 0.2) is 0 Å². The van der Waals surface area contributed by atoms with Crippen LogP contribution in [0.2, 0.25) is 18.1 Å². The molecule has 0 saturated heterocycles. The zero-order chi connectivity index (χ0) is 20.5. The SMILES string of the molecule is N[Si](CCCCC(F)(F)F)(CCCCC(F)(F)F)CCCCC(F)(F)F. The third-order valence-electron chi connectivity index (χ3n) is 4.15. The Morgan fingerprint density at radius 3 is 0.885 bits per heavy atom. The van der Waals surface area contributed by atoms with E-state index in [2.05, 4.69) is 0 Å². The first-order valence-corrected chi connectivity index (χ1v) is 11.3. The van der Waals surface area contributed by atoms with Gasteiger partial charge in [-0.2, -0.15) is 39.5 Å². The largest absolute Gasteiger partial charge is 0.389 e. The molecule has 0 aliphatic carbocycles. The van der Waals surface area contributed by atoms with E-state index in [1.54, 1.807) is 0 Å². The van der Waals surface area contributed by atoms with E-state index in [9.17, 15) is 39.5 Å². The van der Waals surface area contributed by atoms with Crippen molar-refractivity contribution >= 4 is 8.24 Å². The molecule has 2 N–H and O–H groups in total. The van der Waals surface area contributed by atoms with Crippen molar-refractivity contribution in [2.45, 2.75) is 94.4 Å². The maximum atomic E-state index is 12.2. The van der Waals surface area contributed by atoms with Crippen molar-refractivity contribution in [1.29, 1.82) is 0 Å². The van der Waals surface area contributed by atoms with Gasteiger partial charge in [0.15, 0.2) is 0 Å². The van der Waals surface area contributed by atoms with Crippen LogP contribution >= 0.6 is 0 Å². The van der Waals surface area contributed by atoms with E-state index in [1.165, 1.54) is 0 Å². The normalized spacial score (nSPS) is 14.1. The van der Waals surface area contributed by atoms with Gasteiger partial charge < -0.3 is 5.40 Å². The Hall–Kier alpha value is -0.453. The quantitative estimate of drug-likeness (QED) is 0.204. The van der Waals surface area contributed by atoms with E-state index < -0.39 is 46.0 Å². The minimum Gasteiger partial charge on any atom is -0.351 e. The van der Waals surface area contributed by atoms with E-state index in [-0.39, 0.29) is 38.5 Å². The first-order valence-electron chi connectivity index (χ1n) is 8.61. The summed E-state index contributed by atoms with van der Waals surface area (Å²) in [6, 6.07) is 0.878. The van der Waals surface area contributed by atoms with Gasteiger partial charge in [0.1, 0.15) is 8.24 Å². The molecule has 0 aromatic carbocycles.